The summed E-state index contributed by atoms with van der Waals surface area (Å²) in [4.78, 5) is 4.72. The van der Waals surface area contributed by atoms with E-state index in [-0.39, 0.29) is 17.9 Å². The van der Waals surface area contributed by atoms with Crippen LogP contribution in [-0.4, -0.2) is 23.0 Å². The Morgan fingerprint density at radius 3 is 2.49 bits per heavy atom. The van der Waals surface area contributed by atoms with Crippen molar-refractivity contribution in [2.75, 3.05) is 4.90 Å². The summed E-state index contributed by atoms with van der Waals surface area (Å²) in [5, 5.41) is 3.57. The second-order valence-corrected chi connectivity index (χ2v) is 10.1. The van der Waals surface area contributed by atoms with Crippen molar-refractivity contribution < 1.29 is 4.39 Å². The van der Waals surface area contributed by atoms with E-state index in [0.29, 0.717) is 17.7 Å². The first-order chi connectivity index (χ1) is 17.3. The van der Waals surface area contributed by atoms with Crippen LogP contribution in [0.15, 0.2) is 114 Å². The van der Waals surface area contributed by atoms with E-state index in [4.69, 9.17) is 0 Å². The first kappa shape index (κ1) is 22.2. The number of halogens is 1. The molecule has 6 rings (SSSR count). The van der Waals surface area contributed by atoms with Gasteiger partial charge in [-0.05, 0) is 68.7 Å². The third-order valence-corrected chi connectivity index (χ3v) is 7.88. The third kappa shape index (κ3) is 4.54. The van der Waals surface area contributed by atoms with Gasteiger partial charge >= 0.3 is 0 Å². The highest BCUT2D eigenvalue weighted by Gasteiger charge is 2.47. The average molecular weight is 468 g/mol. The van der Waals surface area contributed by atoms with E-state index in [1.165, 1.54) is 18.5 Å². The SMILES string of the molecule is FC1=C(N[C@H]2C=CCCC2)[C@H](N(/C=C/N(C2=C3CC[C@H]32)[C@H]2C=CC=CC2)c2ccccc2)CC=C1. The lowest BCUT2D eigenvalue weighted by atomic mass is 9.98. The number of nitrogens with zero attached hydrogens (tertiary/aromatic N) is 2. The Balaban J connectivity index is 1.32. The van der Waals surface area contributed by atoms with Gasteiger partial charge in [-0.3, -0.25) is 0 Å². The van der Waals surface area contributed by atoms with Crippen LogP contribution < -0.4 is 10.2 Å². The van der Waals surface area contributed by atoms with Gasteiger partial charge in [0.25, 0.3) is 0 Å². The van der Waals surface area contributed by atoms with Crippen molar-refractivity contribution in [1.29, 1.82) is 0 Å². The smallest absolute Gasteiger partial charge is 0.143 e. The molecule has 0 saturated heterocycles. The summed E-state index contributed by atoms with van der Waals surface area (Å²) in [5.74, 6) is 0.534. The molecule has 0 bridgehead atoms. The fraction of sp³-hybridized carbons (Fsp3) is 0.355. The number of hydrogen-bond acceptors (Lipinski definition) is 3. The second kappa shape index (κ2) is 9.77. The highest BCUT2D eigenvalue weighted by molar-refractivity contribution is 5.54. The zero-order chi connectivity index (χ0) is 23.6. The minimum atomic E-state index is -0.156. The van der Waals surface area contributed by atoms with E-state index in [1.54, 1.807) is 11.6 Å². The van der Waals surface area contributed by atoms with Gasteiger partial charge in [0.15, 0.2) is 0 Å². The summed E-state index contributed by atoms with van der Waals surface area (Å²) in [7, 11) is 0. The van der Waals surface area contributed by atoms with E-state index in [2.05, 4.69) is 88.2 Å². The van der Waals surface area contributed by atoms with Crippen molar-refractivity contribution in [2.24, 2.45) is 5.92 Å². The zero-order valence-corrected chi connectivity index (χ0v) is 20.2. The Kier molecular flexibility index (Phi) is 6.20. The van der Waals surface area contributed by atoms with E-state index >= 15 is 4.39 Å². The minimum absolute atomic E-state index is 0.119. The molecule has 3 nitrogen and oxygen atoms in total. The van der Waals surface area contributed by atoms with E-state index in [0.717, 1.165) is 37.8 Å². The monoisotopic (exact) mass is 467 g/mol. The number of nitrogens with one attached hydrogen (secondary N) is 1. The molecule has 180 valence electrons. The van der Waals surface area contributed by atoms with Crippen LogP contribution in [0.4, 0.5) is 10.1 Å². The summed E-state index contributed by atoms with van der Waals surface area (Å²) in [6.07, 6.45) is 28.9. The second-order valence-electron chi connectivity index (χ2n) is 10.1. The van der Waals surface area contributed by atoms with Crippen molar-refractivity contribution in [3.8, 4) is 0 Å². The zero-order valence-electron chi connectivity index (χ0n) is 20.2. The van der Waals surface area contributed by atoms with E-state index in [1.807, 2.05) is 12.1 Å². The summed E-state index contributed by atoms with van der Waals surface area (Å²) in [6.45, 7) is 0. The molecule has 35 heavy (non-hydrogen) atoms. The maximum absolute atomic E-state index is 15.3. The van der Waals surface area contributed by atoms with Crippen LogP contribution in [0.5, 0.6) is 0 Å². The Labute approximate surface area is 208 Å². The molecule has 5 aliphatic rings. The summed E-state index contributed by atoms with van der Waals surface area (Å²) in [6, 6.07) is 10.8. The molecule has 1 saturated carbocycles. The van der Waals surface area contributed by atoms with Crippen LogP contribution in [0.2, 0.25) is 0 Å². The van der Waals surface area contributed by atoms with Crippen molar-refractivity contribution in [1.82, 2.24) is 10.2 Å². The topological polar surface area (TPSA) is 18.5 Å². The quantitative estimate of drug-likeness (QED) is 0.414. The van der Waals surface area contributed by atoms with Crippen LogP contribution in [0.25, 0.3) is 0 Å². The molecule has 1 aromatic carbocycles. The number of allylic oxidation sites excluding steroid dienone is 7. The maximum Gasteiger partial charge on any atom is 0.143 e. The molecule has 0 spiro atoms. The molecule has 4 atom stereocenters. The summed E-state index contributed by atoms with van der Waals surface area (Å²) >= 11 is 0. The first-order valence-corrected chi connectivity index (χ1v) is 13.2. The van der Waals surface area contributed by atoms with Crippen molar-refractivity contribution in [2.45, 2.75) is 63.1 Å². The molecule has 0 amide bonds. The molecule has 0 aliphatic heterocycles. The van der Waals surface area contributed by atoms with Crippen molar-refractivity contribution in [3.63, 3.8) is 0 Å². The Hall–Kier alpha value is -3.27. The van der Waals surface area contributed by atoms with Gasteiger partial charge in [-0.15, -0.1) is 0 Å². The fourth-order valence-corrected chi connectivity index (χ4v) is 5.82. The summed E-state index contributed by atoms with van der Waals surface area (Å²) < 4.78 is 15.3. The van der Waals surface area contributed by atoms with E-state index < -0.39 is 0 Å². The number of rotatable bonds is 8. The number of benzene rings is 1. The molecule has 1 N–H and O–H groups in total. The Morgan fingerprint density at radius 2 is 1.77 bits per heavy atom. The molecular weight excluding hydrogens is 433 g/mol. The van der Waals surface area contributed by atoms with Crippen LogP contribution >= 0.6 is 0 Å². The van der Waals surface area contributed by atoms with Gasteiger partial charge in [-0.25, -0.2) is 4.39 Å². The molecule has 0 heterocycles. The van der Waals surface area contributed by atoms with E-state index in [9.17, 15) is 0 Å². The molecule has 1 aromatic rings. The lowest BCUT2D eigenvalue weighted by Crippen LogP contribution is -2.42. The number of anilines is 1. The predicted octanol–water partition coefficient (Wildman–Crippen LogP) is 7.04. The van der Waals surface area contributed by atoms with Crippen LogP contribution in [-0.2, 0) is 0 Å². The molecule has 0 aromatic heterocycles. The molecular formula is C31H34FN3. The van der Waals surface area contributed by atoms with Crippen LogP contribution in [0.3, 0.4) is 0 Å². The van der Waals surface area contributed by atoms with Gasteiger partial charge in [0.1, 0.15) is 5.83 Å². The van der Waals surface area contributed by atoms with Gasteiger partial charge in [-0.2, -0.15) is 0 Å². The molecule has 0 radical (unpaired) electrons. The van der Waals surface area contributed by atoms with Crippen LogP contribution in [0.1, 0.15) is 44.9 Å². The largest absolute Gasteiger partial charge is 0.378 e. The van der Waals surface area contributed by atoms with Crippen molar-refractivity contribution in [3.05, 3.63) is 114 Å². The number of fused-ring (bicyclic) bond motifs is 1. The normalized spacial score (nSPS) is 28.8. The van der Waals surface area contributed by atoms with Crippen LogP contribution in [0, 0.1) is 5.92 Å². The molecule has 1 fully saturated rings. The van der Waals surface area contributed by atoms with Gasteiger partial charge in [0.2, 0.25) is 0 Å². The van der Waals surface area contributed by atoms with Gasteiger partial charge in [0.05, 0.1) is 17.8 Å². The first-order valence-electron chi connectivity index (χ1n) is 13.2. The fourth-order valence-electron chi connectivity index (χ4n) is 5.82. The molecule has 4 heteroatoms. The number of para-hydroxylation sites is 1. The Morgan fingerprint density at radius 1 is 0.914 bits per heavy atom. The predicted molar refractivity (Wildman–Crippen MR) is 142 cm³/mol. The van der Waals surface area contributed by atoms with Crippen molar-refractivity contribution >= 4 is 5.69 Å². The molecule has 5 aliphatic carbocycles. The van der Waals surface area contributed by atoms with Gasteiger partial charge < -0.3 is 15.1 Å². The summed E-state index contributed by atoms with van der Waals surface area (Å²) in [5.41, 5.74) is 4.90. The average Bonchev–Trinajstić information content (AvgIpc) is 3.43. The minimum Gasteiger partial charge on any atom is -0.378 e. The highest BCUT2D eigenvalue weighted by atomic mass is 19.1. The number of hydrogen-bond donors (Lipinski definition) is 1. The van der Waals surface area contributed by atoms with Gasteiger partial charge in [0, 0.05) is 35.7 Å². The van der Waals surface area contributed by atoms with Gasteiger partial charge in [-0.1, -0.05) is 60.7 Å². The molecule has 0 unspecified atom stereocenters. The lowest BCUT2D eigenvalue weighted by Gasteiger charge is -2.36. The third-order valence-electron chi connectivity index (χ3n) is 7.88. The Bertz CT molecular complexity index is 1150. The standard InChI is InChI=1S/C31H34FN3/c32-28-17-10-18-29(30(28)33-23-11-4-1-5-12-23)34(24-13-6-2-7-14-24)21-22-35(25-15-8-3-9-16-25)31-26-19-20-27(26)31/h2-4,6-11,13-15,17,21-23,25-26,29,33H,1,5,12,16,18-20H2/b22-21+/t23-,25-,26+,29+/m0/s1. The maximum atomic E-state index is 15.3. The highest BCUT2D eigenvalue weighted by Crippen LogP contribution is 2.57. The lowest BCUT2D eigenvalue weighted by molar-refractivity contribution is 0.386.